The zero-order valence-electron chi connectivity index (χ0n) is 13.4. The van der Waals surface area contributed by atoms with Crippen LogP contribution in [0.4, 0.5) is 5.69 Å². The molecule has 0 saturated carbocycles. The fraction of sp³-hybridized carbons (Fsp3) is 0.400. The van der Waals surface area contributed by atoms with Crippen LogP contribution in [-0.4, -0.2) is 37.3 Å². The summed E-state index contributed by atoms with van der Waals surface area (Å²) in [5.74, 6) is -0.514. The number of guanidine groups is 1. The normalized spacial score (nSPS) is 21.1. The lowest BCUT2D eigenvalue weighted by molar-refractivity contribution is -0.141. The van der Waals surface area contributed by atoms with E-state index in [0.717, 1.165) is 5.56 Å². The van der Waals surface area contributed by atoms with E-state index < -0.39 is 12.3 Å². The van der Waals surface area contributed by atoms with Crippen LogP contribution in [0.2, 0.25) is 5.02 Å². The standard InChI is InChI=1S/C15H20ClN5O3/c1-8-3-4-9(5-11(8)16)18-14(17)21-15-19-10(6-12(22)20-15)7-13(23)24-2/h3-5,10,15,19H,6-7H2,1-2H3,(H,20,22)(H3,17,18,21). The number of halogens is 1. The molecule has 2 rings (SSSR count). The molecule has 0 bridgehead atoms. The van der Waals surface area contributed by atoms with Crippen molar-refractivity contribution >= 4 is 35.1 Å². The number of anilines is 1. The van der Waals surface area contributed by atoms with E-state index in [1.807, 2.05) is 19.1 Å². The fourth-order valence-electron chi connectivity index (χ4n) is 2.23. The number of amides is 1. The molecule has 130 valence electrons. The Morgan fingerprint density at radius 3 is 2.96 bits per heavy atom. The highest BCUT2D eigenvalue weighted by Gasteiger charge is 2.27. The molecule has 24 heavy (non-hydrogen) atoms. The van der Waals surface area contributed by atoms with Gasteiger partial charge in [-0.25, -0.2) is 4.99 Å². The lowest BCUT2D eigenvalue weighted by Crippen LogP contribution is -2.56. The van der Waals surface area contributed by atoms with Gasteiger partial charge in [-0.3, -0.25) is 14.9 Å². The monoisotopic (exact) mass is 353 g/mol. The predicted octanol–water partition coefficient (Wildman–Crippen LogP) is 0.700. The molecule has 0 aliphatic carbocycles. The molecule has 1 heterocycles. The molecule has 2 atom stereocenters. The molecule has 8 nitrogen and oxygen atoms in total. The molecule has 2 unspecified atom stereocenters. The molecular weight excluding hydrogens is 334 g/mol. The quantitative estimate of drug-likeness (QED) is 0.359. The van der Waals surface area contributed by atoms with Crippen molar-refractivity contribution in [3.8, 4) is 0 Å². The Balaban J connectivity index is 2.00. The maximum atomic E-state index is 11.7. The van der Waals surface area contributed by atoms with Gasteiger partial charge in [0.25, 0.3) is 0 Å². The number of aryl methyl sites for hydroxylation is 1. The number of carbonyl (C=O) groups is 2. The third-order valence-electron chi connectivity index (χ3n) is 3.48. The summed E-state index contributed by atoms with van der Waals surface area (Å²) in [6, 6.07) is 5.04. The van der Waals surface area contributed by atoms with Gasteiger partial charge in [0, 0.05) is 23.2 Å². The third-order valence-corrected chi connectivity index (χ3v) is 3.88. The van der Waals surface area contributed by atoms with Crippen molar-refractivity contribution in [1.29, 1.82) is 0 Å². The van der Waals surface area contributed by atoms with Crippen molar-refractivity contribution in [3.63, 3.8) is 0 Å². The third kappa shape index (κ3) is 5.10. The van der Waals surface area contributed by atoms with Gasteiger partial charge in [-0.15, -0.1) is 0 Å². The molecule has 9 heteroatoms. The van der Waals surface area contributed by atoms with Crippen molar-refractivity contribution < 1.29 is 14.3 Å². The summed E-state index contributed by atoms with van der Waals surface area (Å²) in [5, 5.41) is 9.16. The number of nitrogens with zero attached hydrogens (tertiary/aromatic N) is 1. The second-order valence-corrected chi connectivity index (χ2v) is 5.83. The summed E-state index contributed by atoms with van der Waals surface area (Å²) >= 11 is 6.06. The van der Waals surface area contributed by atoms with Gasteiger partial charge in [-0.2, -0.15) is 0 Å². The van der Waals surface area contributed by atoms with Crippen LogP contribution in [0.25, 0.3) is 0 Å². The first-order valence-electron chi connectivity index (χ1n) is 7.36. The smallest absolute Gasteiger partial charge is 0.307 e. The Kier molecular flexibility index (Phi) is 5.99. The average molecular weight is 354 g/mol. The van der Waals surface area contributed by atoms with Gasteiger partial charge in [0.1, 0.15) is 0 Å². The Hall–Kier alpha value is -2.32. The molecule has 0 radical (unpaired) electrons. The molecule has 1 saturated heterocycles. The SMILES string of the molecule is COC(=O)CC1CC(=O)NC(/N=C(\N)Nc2ccc(C)c(Cl)c2)N1. The number of nitrogens with one attached hydrogen (secondary N) is 3. The second kappa shape index (κ2) is 7.98. The molecule has 0 spiro atoms. The van der Waals surface area contributed by atoms with Gasteiger partial charge in [-0.05, 0) is 24.6 Å². The Morgan fingerprint density at radius 2 is 2.29 bits per heavy atom. The Labute approximate surface area is 144 Å². The number of hydrogen-bond acceptors (Lipinski definition) is 5. The summed E-state index contributed by atoms with van der Waals surface area (Å²) in [4.78, 5) is 27.2. The lowest BCUT2D eigenvalue weighted by Gasteiger charge is -2.28. The number of rotatable bonds is 4. The molecule has 1 aliphatic heterocycles. The lowest BCUT2D eigenvalue weighted by atomic mass is 10.1. The van der Waals surface area contributed by atoms with E-state index in [0.29, 0.717) is 10.7 Å². The molecule has 1 amide bonds. The van der Waals surface area contributed by atoms with E-state index in [1.54, 1.807) is 6.07 Å². The first-order valence-corrected chi connectivity index (χ1v) is 7.74. The van der Waals surface area contributed by atoms with E-state index in [2.05, 4.69) is 25.7 Å². The number of benzene rings is 1. The summed E-state index contributed by atoms with van der Waals surface area (Å²) in [7, 11) is 1.30. The molecule has 1 aliphatic rings. The second-order valence-electron chi connectivity index (χ2n) is 5.42. The molecule has 1 aromatic carbocycles. The summed E-state index contributed by atoms with van der Waals surface area (Å²) in [5.41, 5.74) is 7.49. The van der Waals surface area contributed by atoms with Gasteiger partial charge in [0.2, 0.25) is 5.91 Å². The number of ether oxygens (including phenoxy) is 1. The maximum Gasteiger partial charge on any atom is 0.307 e. The van der Waals surface area contributed by atoms with E-state index in [4.69, 9.17) is 17.3 Å². The molecule has 5 N–H and O–H groups in total. The summed E-state index contributed by atoms with van der Waals surface area (Å²) in [6.45, 7) is 1.90. The van der Waals surface area contributed by atoms with E-state index in [9.17, 15) is 9.59 Å². The molecule has 1 fully saturated rings. The minimum Gasteiger partial charge on any atom is -0.469 e. The number of carbonyl (C=O) groups excluding carboxylic acids is 2. The molecule has 0 aromatic heterocycles. The fourth-order valence-corrected chi connectivity index (χ4v) is 2.41. The van der Waals surface area contributed by atoms with Crippen molar-refractivity contribution in [2.24, 2.45) is 10.7 Å². The highest BCUT2D eigenvalue weighted by atomic mass is 35.5. The van der Waals surface area contributed by atoms with Crippen LogP contribution >= 0.6 is 11.6 Å². The highest BCUT2D eigenvalue weighted by Crippen LogP contribution is 2.19. The van der Waals surface area contributed by atoms with E-state index in [-0.39, 0.29) is 30.8 Å². The topological polar surface area (TPSA) is 118 Å². The van der Waals surface area contributed by atoms with Gasteiger partial charge in [-0.1, -0.05) is 17.7 Å². The van der Waals surface area contributed by atoms with Crippen LogP contribution in [0, 0.1) is 6.92 Å². The number of hydrogen-bond donors (Lipinski definition) is 4. The average Bonchev–Trinajstić information content (AvgIpc) is 2.50. The number of nitrogens with two attached hydrogens (primary N) is 1. The Bertz CT molecular complexity index is 665. The van der Waals surface area contributed by atoms with Gasteiger partial charge in [0.05, 0.1) is 13.5 Å². The molecular formula is C15H20ClN5O3. The van der Waals surface area contributed by atoms with Crippen LogP contribution in [0.1, 0.15) is 18.4 Å². The van der Waals surface area contributed by atoms with Crippen LogP contribution in [-0.2, 0) is 14.3 Å². The van der Waals surface area contributed by atoms with Crippen LogP contribution in [0.3, 0.4) is 0 Å². The van der Waals surface area contributed by atoms with Crippen molar-refractivity contribution in [2.75, 3.05) is 12.4 Å². The van der Waals surface area contributed by atoms with Crippen LogP contribution in [0.5, 0.6) is 0 Å². The molecule has 1 aromatic rings. The summed E-state index contributed by atoms with van der Waals surface area (Å²) < 4.78 is 4.61. The number of methoxy groups -OCH3 is 1. The minimum atomic E-state index is -0.727. The van der Waals surface area contributed by atoms with Gasteiger partial charge >= 0.3 is 5.97 Å². The summed E-state index contributed by atoms with van der Waals surface area (Å²) in [6.07, 6.45) is -0.479. The highest BCUT2D eigenvalue weighted by molar-refractivity contribution is 6.31. The zero-order valence-corrected chi connectivity index (χ0v) is 14.2. The zero-order chi connectivity index (χ0) is 17.7. The predicted molar refractivity (Wildman–Crippen MR) is 91.5 cm³/mol. The van der Waals surface area contributed by atoms with E-state index in [1.165, 1.54) is 7.11 Å². The van der Waals surface area contributed by atoms with Gasteiger partial charge in [0.15, 0.2) is 12.2 Å². The number of aliphatic imine (C=N–C) groups is 1. The first-order chi connectivity index (χ1) is 11.4. The van der Waals surface area contributed by atoms with Crippen molar-refractivity contribution in [3.05, 3.63) is 28.8 Å². The van der Waals surface area contributed by atoms with Crippen molar-refractivity contribution in [1.82, 2.24) is 10.6 Å². The van der Waals surface area contributed by atoms with Crippen LogP contribution < -0.4 is 21.7 Å². The first kappa shape index (κ1) is 18.0. The van der Waals surface area contributed by atoms with E-state index >= 15 is 0 Å². The van der Waals surface area contributed by atoms with Crippen molar-refractivity contribution in [2.45, 2.75) is 32.1 Å². The van der Waals surface area contributed by atoms with Gasteiger partial charge < -0.3 is 21.1 Å². The Morgan fingerprint density at radius 1 is 1.54 bits per heavy atom. The number of esters is 1. The largest absolute Gasteiger partial charge is 0.469 e. The maximum absolute atomic E-state index is 11.7. The minimum absolute atomic E-state index is 0.0802. The van der Waals surface area contributed by atoms with Crippen LogP contribution in [0.15, 0.2) is 23.2 Å².